The van der Waals surface area contributed by atoms with E-state index >= 15 is 0 Å². The third-order valence-electron chi connectivity index (χ3n) is 15.4. The summed E-state index contributed by atoms with van der Waals surface area (Å²) in [4.78, 5) is 51.5. The number of piperazine rings is 1. The third kappa shape index (κ3) is 10.2. The van der Waals surface area contributed by atoms with Crippen molar-refractivity contribution in [2.24, 2.45) is 9.98 Å². The van der Waals surface area contributed by atoms with Gasteiger partial charge in [0.2, 0.25) is 5.91 Å². The molecule has 2 amide bonds. The van der Waals surface area contributed by atoms with Crippen molar-refractivity contribution >= 4 is 73.7 Å². The van der Waals surface area contributed by atoms with Crippen LogP contribution in [0.3, 0.4) is 0 Å². The Morgan fingerprint density at radius 2 is 1.21 bits per heavy atom. The van der Waals surface area contributed by atoms with Gasteiger partial charge in [-0.2, -0.15) is 0 Å². The molecule has 5 fully saturated rings. The number of benzene rings is 6. The molecule has 6 aromatic carbocycles. The molecule has 2 aromatic heterocycles. The van der Waals surface area contributed by atoms with Crippen molar-refractivity contribution < 1.29 is 24.5 Å². The highest BCUT2D eigenvalue weighted by molar-refractivity contribution is 6.23. The lowest BCUT2D eigenvalue weighted by Gasteiger charge is -2.55. The molecule has 2 atom stereocenters. The highest BCUT2D eigenvalue weighted by Crippen LogP contribution is 2.38. The number of carbonyl (C=O) groups excluding carboxylic acids is 2. The Bertz CT molecular complexity index is 3390. The lowest BCUT2D eigenvalue weighted by atomic mass is 9.88. The lowest BCUT2D eigenvalue weighted by molar-refractivity contribution is -0.117. The van der Waals surface area contributed by atoms with Crippen LogP contribution in [0, 0.1) is 0 Å². The van der Waals surface area contributed by atoms with E-state index in [2.05, 4.69) is 68.1 Å². The van der Waals surface area contributed by atoms with Crippen LogP contribution in [0.5, 0.6) is 11.8 Å². The van der Waals surface area contributed by atoms with Gasteiger partial charge < -0.3 is 34.7 Å². The normalized spacial score (nSPS) is 18.3. The number of aromatic nitrogens is 2. The number of hydrogen-bond donors (Lipinski definition) is 4. The molecule has 5 aliphatic heterocycles. The number of anilines is 3. The van der Waals surface area contributed by atoms with Gasteiger partial charge in [-0.15, -0.1) is 0 Å². The number of hydrogen-bond acceptors (Lipinski definition) is 10. The summed E-state index contributed by atoms with van der Waals surface area (Å²) in [5, 5.41) is 23.7. The van der Waals surface area contributed by atoms with Gasteiger partial charge in [-0.25, -0.2) is 14.8 Å². The van der Waals surface area contributed by atoms with Gasteiger partial charge in [-0.05, 0) is 124 Å². The number of aliphatic imine (C=N–C) groups is 2. The average Bonchev–Trinajstić information content (AvgIpc) is 4.14. The van der Waals surface area contributed by atoms with Crippen molar-refractivity contribution in [2.75, 3.05) is 68.6 Å². The Kier molecular flexibility index (Phi) is 13.9. The van der Waals surface area contributed by atoms with Gasteiger partial charge in [0.15, 0.2) is 11.8 Å². The lowest BCUT2D eigenvalue weighted by Crippen LogP contribution is -2.67. The molecule has 2 unspecified atom stereocenters. The number of rotatable bonds is 11. The molecule has 5 saturated heterocycles. The third-order valence-corrected chi connectivity index (χ3v) is 15.4. The predicted molar refractivity (Wildman–Crippen MR) is 300 cm³/mol. The summed E-state index contributed by atoms with van der Waals surface area (Å²) in [5.74, 6) is 0.236. The minimum atomic E-state index is -0.472. The molecule has 4 N–H and O–H groups in total. The van der Waals surface area contributed by atoms with Gasteiger partial charge in [0.05, 0.1) is 41.0 Å². The standard InChI is InChI=1S/C31H32N4O2.C30H31N5O3/c36-28-10-7-19-35(28)25-15-16-27-26(20-25)29(31(37)33-27)30(23-8-3-1-4-9-23)32-24-13-11-22(12-14-24)21-34-17-5-2-6-18-34;1-33-23-15-24(33)18-35(17-23)21-11-9-20(10-12-21)31-28(19-7-5-4-6-8-19)27-25-16-22(34(2)30(37)38-3)13-14-26(25)32-29(27)36/h1,3-4,8-9,11-16,20,33,37H,2,5-7,10,17-19,21H2;4-14,16,23-24,32,36H,15,17-18H2,1-3H3. The summed E-state index contributed by atoms with van der Waals surface area (Å²) >= 11 is 0. The number of nitrogens with one attached hydrogen (secondary N) is 2. The first-order valence-electron chi connectivity index (χ1n) is 26.1. The molecule has 0 radical (unpaired) electrons. The van der Waals surface area contributed by atoms with Crippen LogP contribution >= 0.6 is 0 Å². The van der Waals surface area contributed by atoms with E-state index in [-0.39, 0.29) is 17.7 Å². The highest BCUT2D eigenvalue weighted by atomic mass is 16.5. The molecule has 8 aromatic rings. The second kappa shape index (κ2) is 21.3. The number of H-pyrrole nitrogens is 2. The number of methoxy groups -OCH3 is 1. The first-order valence-corrected chi connectivity index (χ1v) is 26.1. The first kappa shape index (κ1) is 49.0. The summed E-state index contributed by atoms with van der Waals surface area (Å²) in [6, 6.07) is 49.2. The first-order chi connectivity index (χ1) is 36.6. The van der Waals surface area contributed by atoms with Crippen LogP contribution in [0.1, 0.15) is 66.3 Å². The Balaban J connectivity index is 0.000000161. The Hall–Kier alpha value is -8.20. The molecule has 0 saturated carbocycles. The zero-order valence-electron chi connectivity index (χ0n) is 42.7. The van der Waals surface area contributed by atoms with Crippen molar-refractivity contribution in [1.29, 1.82) is 0 Å². The molecule has 5 aliphatic rings. The molecule has 75 heavy (non-hydrogen) atoms. The zero-order chi connectivity index (χ0) is 51.6. The number of carbonyl (C=O) groups is 2. The van der Waals surface area contributed by atoms with E-state index < -0.39 is 6.09 Å². The molecular weight excluding hydrogens is 939 g/mol. The van der Waals surface area contributed by atoms with Gasteiger partial charge in [0.1, 0.15) is 0 Å². The Morgan fingerprint density at radius 3 is 1.76 bits per heavy atom. The summed E-state index contributed by atoms with van der Waals surface area (Å²) in [6.07, 6.45) is 6.17. The van der Waals surface area contributed by atoms with Crippen LogP contribution in [0.4, 0.5) is 33.2 Å². The van der Waals surface area contributed by atoms with E-state index in [0.717, 1.165) is 82.6 Å². The maximum Gasteiger partial charge on any atom is 0.413 e. The number of likely N-dealkylation sites (N-methyl/N-ethyl adjacent to an activating group) is 1. The molecule has 7 heterocycles. The number of ether oxygens (including phenoxy) is 1. The van der Waals surface area contributed by atoms with Gasteiger partial charge >= 0.3 is 6.09 Å². The summed E-state index contributed by atoms with van der Waals surface area (Å²) < 4.78 is 4.88. The largest absolute Gasteiger partial charge is 0.494 e. The van der Waals surface area contributed by atoms with E-state index in [1.54, 1.807) is 13.1 Å². The second-order valence-corrected chi connectivity index (χ2v) is 20.1. The molecule has 14 nitrogen and oxygen atoms in total. The van der Waals surface area contributed by atoms with Crippen LogP contribution in [-0.4, -0.2) is 119 Å². The summed E-state index contributed by atoms with van der Waals surface area (Å²) in [5.41, 5.74) is 11.5. The highest BCUT2D eigenvalue weighted by Gasteiger charge is 2.42. The number of likely N-dealkylation sites (tertiary alicyclic amines) is 1. The van der Waals surface area contributed by atoms with Crippen molar-refractivity contribution in [3.05, 3.63) is 173 Å². The molecule has 0 spiro atoms. The van der Waals surface area contributed by atoms with E-state index in [9.17, 15) is 19.8 Å². The van der Waals surface area contributed by atoms with Crippen molar-refractivity contribution in [2.45, 2.75) is 57.2 Å². The SMILES string of the molecule is COC(=O)N(C)c1ccc2[nH]c(O)c(C(=Nc3ccc(N4CC5CC(C4)N5C)cc3)c3ccccc3)c2c1.O=C1CCCN1c1ccc2[nH]c(O)c(C(=Nc3ccc(CN4CCCCC4)cc3)c3ccccc3)c2c1. The number of amides is 2. The fourth-order valence-corrected chi connectivity index (χ4v) is 11.1. The summed E-state index contributed by atoms with van der Waals surface area (Å²) in [7, 11) is 5.22. The average molecular weight is 1000 g/mol. The minimum Gasteiger partial charge on any atom is -0.494 e. The van der Waals surface area contributed by atoms with E-state index in [0.29, 0.717) is 46.7 Å². The maximum atomic E-state index is 12.4. The van der Waals surface area contributed by atoms with Gasteiger partial charge in [0.25, 0.3) is 0 Å². The molecule has 13 rings (SSSR count). The molecule has 2 bridgehead atoms. The van der Waals surface area contributed by atoms with Gasteiger partial charge in [0, 0.05) is 102 Å². The summed E-state index contributed by atoms with van der Waals surface area (Å²) in [6.45, 7) is 6.13. The van der Waals surface area contributed by atoms with Crippen LogP contribution in [0.15, 0.2) is 156 Å². The number of piperidine rings is 2. The Labute approximate surface area is 437 Å². The van der Waals surface area contributed by atoms with Crippen LogP contribution in [0.2, 0.25) is 0 Å². The topological polar surface area (TPSA) is 156 Å². The molecular formula is C61H63N9O5. The van der Waals surface area contributed by atoms with E-state index in [4.69, 9.17) is 14.7 Å². The van der Waals surface area contributed by atoms with Gasteiger partial charge in [-0.1, -0.05) is 79.2 Å². The molecule has 382 valence electrons. The van der Waals surface area contributed by atoms with Crippen LogP contribution in [0.25, 0.3) is 21.8 Å². The monoisotopic (exact) mass is 1000 g/mol. The molecule has 0 aliphatic carbocycles. The van der Waals surface area contributed by atoms with Crippen LogP contribution in [-0.2, 0) is 16.1 Å². The smallest absolute Gasteiger partial charge is 0.413 e. The molecule has 14 heteroatoms. The van der Waals surface area contributed by atoms with E-state index in [1.807, 2.05) is 108 Å². The zero-order valence-corrected chi connectivity index (χ0v) is 42.7. The second-order valence-electron chi connectivity index (χ2n) is 20.1. The van der Waals surface area contributed by atoms with Crippen molar-refractivity contribution in [1.82, 2.24) is 19.8 Å². The van der Waals surface area contributed by atoms with Crippen molar-refractivity contribution in [3.8, 4) is 11.8 Å². The Morgan fingerprint density at radius 1 is 0.667 bits per heavy atom. The van der Waals surface area contributed by atoms with Gasteiger partial charge in [-0.3, -0.25) is 19.5 Å². The fourth-order valence-electron chi connectivity index (χ4n) is 11.1. The maximum absolute atomic E-state index is 12.4. The minimum absolute atomic E-state index is 0.0220. The number of aromatic hydroxyl groups is 2. The predicted octanol–water partition coefficient (Wildman–Crippen LogP) is 11.3. The van der Waals surface area contributed by atoms with Crippen molar-refractivity contribution in [3.63, 3.8) is 0 Å². The number of aromatic amines is 2. The van der Waals surface area contributed by atoms with Crippen LogP contribution < -0.4 is 14.7 Å². The van der Waals surface area contributed by atoms with E-state index in [1.165, 1.54) is 62.0 Å². The number of fused-ring (bicyclic) bond motifs is 4. The number of nitrogens with zero attached hydrogens (tertiary/aromatic N) is 7. The quantitative estimate of drug-likeness (QED) is 0.0933. The fraction of sp³-hybridized carbons (Fsp3) is 0.279.